The summed E-state index contributed by atoms with van der Waals surface area (Å²) in [6.07, 6.45) is 2.98. The van der Waals surface area contributed by atoms with Gasteiger partial charge in [-0.1, -0.05) is 54.6 Å². The topological polar surface area (TPSA) is 58.2 Å². The van der Waals surface area contributed by atoms with E-state index in [0.717, 1.165) is 19.3 Å². The van der Waals surface area contributed by atoms with Crippen molar-refractivity contribution in [1.82, 2.24) is 5.32 Å². The van der Waals surface area contributed by atoms with Crippen molar-refractivity contribution >= 4 is 75.5 Å². The third-order valence-electron chi connectivity index (χ3n) is 5.12. The number of rotatable bonds is 8. The van der Waals surface area contributed by atoms with Gasteiger partial charge in [-0.05, 0) is 48.4 Å². The maximum atomic E-state index is 12.9. The molecule has 2 N–H and O–H groups in total. The third kappa shape index (κ3) is 5.80. The number of halogens is 5. The van der Waals surface area contributed by atoms with Crippen LogP contribution in [0.25, 0.3) is 0 Å². The monoisotopic (exact) mass is 520 g/mol. The van der Waals surface area contributed by atoms with Gasteiger partial charge in [-0.2, -0.15) is 0 Å². The van der Waals surface area contributed by atoms with Crippen LogP contribution in [0.5, 0.6) is 0 Å². The molecular weight excluding hydrogens is 502 g/mol. The fraction of sp³-hybridized carbons (Fsp3) is 0.364. The predicted octanol–water partition coefficient (Wildman–Crippen LogP) is 7.09. The van der Waals surface area contributed by atoms with E-state index in [0.29, 0.717) is 32.9 Å². The number of nitrogens with one attached hydrogen (secondary N) is 2. The van der Waals surface area contributed by atoms with E-state index >= 15 is 0 Å². The number of benzene rings is 2. The number of carbonyl (C=O) groups is 2. The Balaban J connectivity index is 1.71. The van der Waals surface area contributed by atoms with Gasteiger partial charge in [0, 0.05) is 28.2 Å². The minimum atomic E-state index is -1.29. The molecular formula is C22H21Cl5N2O2. The van der Waals surface area contributed by atoms with Crippen LogP contribution in [0.2, 0.25) is 15.1 Å². The molecule has 0 spiro atoms. The fourth-order valence-corrected chi connectivity index (χ4v) is 5.07. The zero-order valence-electron chi connectivity index (χ0n) is 16.7. The Labute approximate surface area is 206 Å². The standard InChI is InChI=1S/C22H21Cl5N2O2/c1-2-3-4-7-28-20(30)16-11-15(5-6-17(16)25)29-21(31)19-18(22(19,26)27)12-8-13(23)10-14(24)9-12/h5-6,8-11,18-19H,2-4,7H2,1H3,(H,28,30)(H,29,31). The summed E-state index contributed by atoms with van der Waals surface area (Å²) < 4.78 is -1.29. The Bertz CT molecular complexity index is 976. The molecule has 0 aromatic heterocycles. The van der Waals surface area contributed by atoms with E-state index in [1.807, 2.05) is 0 Å². The molecule has 2 amide bonds. The second-order valence-electron chi connectivity index (χ2n) is 7.48. The highest BCUT2D eigenvalue weighted by atomic mass is 35.5. The first-order chi connectivity index (χ1) is 14.6. The van der Waals surface area contributed by atoms with E-state index in [-0.39, 0.29) is 17.4 Å². The average Bonchev–Trinajstić information content (AvgIpc) is 3.28. The molecule has 9 heteroatoms. The van der Waals surface area contributed by atoms with Crippen molar-refractivity contribution in [2.45, 2.75) is 36.4 Å². The highest BCUT2D eigenvalue weighted by molar-refractivity contribution is 6.53. The Hall–Kier alpha value is -1.17. The van der Waals surface area contributed by atoms with Crippen molar-refractivity contribution < 1.29 is 9.59 Å². The van der Waals surface area contributed by atoms with E-state index < -0.39 is 16.2 Å². The number of carbonyl (C=O) groups excluding carboxylic acids is 2. The van der Waals surface area contributed by atoms with Crippen LogP contribution in [-0.4, -0.2) is 22.7 Å². The van der Waals surface area contributed by atoms with E-state index in [2.05, 4.69) is 17.6 Å². The van der Waals surface area contributed by atoms with Crippen molar-refractivity contribution in [3.05, 3.63) is 62.6 Å². The first-order valence-electron chi connectivity index (χ1n) is 9.87. The highest BCUT2D eigenvalue weighted by Gasteiger charge is 2.67. The van der Waals surface area contributed by atoms with Crippen LogP contribution in [0, 0.1) is 5.92 Å². The number of hydrogen-bond donors (Lipinski definition) is 2. The Morgan fingerprint density at radius 2 is 1.68 bits per heavy atom. The molecule has 0 aliphatic heterocycles. The molecule has 166 valence electrons. The van der Waals surface area contributed by atoms with Crippen LogP contribution in [0.3, 0.4) is 0 Å². The molecule has 2 aromatic rings. The average molecular weight is 523 g/mol. The lowest BCUT2D eigenvalue weighted by Crippen LogP contribution is -2.25. The minimum absolute atomic E-state index is 0.285. The molecule has 3 rings (SSSR count). The van der Waals surface area contributed by atoms with Crippen LogP contribution in [-0.2, 0) is 4.79 Å². The minimum Gasteiger partial charge on any atom is -0.352 e. The van der Waals surface area contributed by atoms with Gasteiger partial charge in [-0.15, -0.1) is 23.2 Å². The molecule has 0 radical (unpaired) electrons. The van der Waals surface area contributed by atoms with Crippen molar-refractivity contribution in [2.24, 2.45) is 5.92 Å². The van der Waals surface area contributed by atoms with E-state index in [1.54, 1.807) is 30.3 Å². The maximum Gasteiger partial charge on any atom is 0.252 e. The summed E-state index contributed by atoms with van der Waals surface area (Å²) in [5.74, 6) is -1.82. The van der Waals surface area contributed by atoms with Gasteiger partial charge in [-0.25, -0.2) is 0 Å². The van der Waals surface area contributed by atoms with E-state index in [9.17, 15) is 9.59 Å². The Morgan fingerprint density at radius 1 is 1.00 bits per heavy atom. The normalized spacial score (nSPS) is 19.0. The maximum absolute atomic E-state index is 12.9. The second-order valence-corrected chi connectivity index (χ2v) is 10.2. The molecule has 1 saturated carbocycles. The summed E-state index contributed by atoms with van der Waals surface area (Å²) in [6.45, 7) is 2.65. The summed E-state index contributed by atoms with van der Waals surface area (Å²) in [4.78, 5) is 25.3. The van der Waals surface area contributed by atoms with Crippen molar-refractivity contribution in [1.29, 1.82) is 0 Å². The van der Waals surface area contributed by atoms with E-state index in [1.165, 1.54) is 6.07 Å². The molecule has 1 aliphatic carbocycles. The van der Waals surface area contributed by atoms with Crippen LogP contribution >= 0.6 is 58.0 Å². The summed E-state index contributed by atoms with van der Waals surface area (Å²) in [5, 5.41) is 6.78. The van der Waals surface area contributed by atoms with Crippen LogP contribution in [0.15, 0.2) is 36.4 Å². The molecule has 0 heterocycles. The molecule has 0 bridgehead atoms. The highest BCUT2D eigenvalue weighted by Crippen LogP contribution is 2.65. The summed E-state index contributed by atoms with van der Waals surface area (Å²) in [7, 11) is 0. The molecule has 2 atom stereocenters. The SMILES string of the molecule is CCCCCNC(=O)c1cc(NC(=O)C2C(c3cc(Cl)cc(Cl)c3)C2(Cl)Cl)ccc1Cl. The fourth-order valence-electron chi connectivity index (χ4n) is 3.49. The van der Waals surface area contributed by atoms with Crippen LogP contribution in [0.4, 0.5) is 5.69 Å². The van der Waals surface area contributed by atoms with Crippen molar-refractivity contribution in [2.75, 3.05) is 11.9 Å². The van der Waals surface area contributed by atoms with Crippen molar-refractivity contribution in [3.63, 3.8) is 0 Å². The zero-order valence-corrected chi connectivity index (χ0v) is 20.4. The number of unbranched alkanes of at least 4 members (excludes halogenated alkanes) is 2. The van der Waals surface area contributed by atoms with Gasteiger partial charge in [0.1, 0.15) is 4.33 Å². The lowest BCUT2D eigenvalue weighted by atomic mass is 10.1. The number of anilines is 1. The van der Waals surface area contributed by atoms with Crippen LogP contribution in [0.1, 0.15) is 48.0 Å². The number of hydrogen-bond acceptors (Lipinski definition) is 2. The zero-order chi connectivity index (χ0) is 22.8. The number of amides is 2. The van der Waals surface area contributed by atoms with E-state index in [4.69, 9.17) is 58.0 Å². The molecule has 1 fully saturated rings. The predicted molar refractivity (Wildman–Crippen MR) is 129 cm³/mol. The summed E-state index contributed by atoms with van der Waals surface area (Å²) in [6, 6.07) is 9.69. The smallest absolute Gasteiger partial charge is 0.252 e. The van der Waals surface area contributed by atoms with Gasteiger partial charge in [0.25, 0.3) is 5.91 Å². The number of alkyl halides is 2. The van der Waals surface area contributed by atoms with Crippen LogP contribution < -0.4 is 10.6 Å². The molecule has 4 nitrogen and oxygen atoms in total. The van der Waals surface area contributed by atoms with Gasteiger partial charge >= 0.3 is 0 Å². The summed E-state index contributed by atoms with van der Waals surface area (Å²) >= 11 is 31.1. The first kappa shape index (κ1) is 24.5. The van der Waals surface area contributed by atoms with Crippen molar-refractivity contribution in [3.8, 4) is 0 Å². The van der Waals surface area contributed by atoms with Gasteiger partial charge in [-0.3, -0.25) is 9.59 Å². The lowest BCUT2D eigenvalue weighted by Gasteiger charge is -2.10. The molecule has 0 saturated heterocycles. The second kappa shape index (κ2) is 10.2. The molecule has 1 aliphatic rings. The van der Waals surface area contributed by atoms with Gasteiger partial charge in [0.05, 0.1) is 16.5 Å². The quantitative estimate of drug-likeness (QED) is 0.287. The first-order valence-corrected chi connectivity index (χ1v) is 11.8. The Morgan fingerprint density at radius 3 is 2.32 bits per heavy atom. The largest absolute Gasteiger partial charge is 0.352 e. The third-order valence-corrected chi connectivity index (χ3v) is 6.83. The Kier molecular flexibility index (Phi) is 8.04. The molecule has 2 aromatic carbocycles. The molecule has 31 heavy (non-hydrogen) atoms. The van der Waals surface area contributed by atoms with Gasteiger partial charge in [0.2, 0.25) is 5.91 Å². The van der Waals surface area contributed by atoms with Gasteiger partial charge in [0.15, 0.2) is 0 Å². The molecule has 2 unspecified atom stereocenters. The summed E-state index contributed by atoms with van der Waals surface area (Å²) in [5.41, 5.74) is 1.39. The lowest BCUT2D eigenvalue weighted by molar-refractivity contribution is -0.117. The van der Waals surface area contributed by atoms with Gasteiger partial charge < -0.3 is 10.6 Å².